The van der Waals surface area contributed by atoms with E-state index in [1.807, 2.05) is 36.1 Å². The van der Waals surface area contributed by atoms with Gasteiger partial charge in [0, 0.05) is 27.8 Å². The van der Waals surface area contributed by atoms with E-state index >= 15 is 0 Å². The van der Waals surface area contributed by atoms with Gasteiger partial charge in [-0.15, -0.1) is 11.8 Å². The maximum Gasteiger partial charge on any atom is 0.272 e. The van der Waals surface area contributed by atoms with Crippen molar-refractivity contribution >= 4 is 40.9 Å². The molecule has 3 rings (SSSR count). The summed E-state index contributed by atoms with van der Waals surface area (Å²) in [5.74, 6) is 0.656. The molecule has 0 bridgehead atoms. The average Bonchev–Trinajstić information content (AvgIpc) is 2.63. The summed E-state index contributed by atoms with van der Waals surface area (Å²) in [4.78, 5) is 20.5. The Kier molecular flexibility index (Phi) is 6.72. The van der Waals surface area contributed by atoms with Gasteiger partial charge in [-0.2, -0.15) is 0 Å². The molecule has 0 radical (unpaired) electrons. The third kappa shape index (κ3) is 4.79. The molecule has 2 heterocycles. The largest absolute Gasteiger partial charge is 0.332 e. The van der Waals surface area contributed by atoms with Crippen LogP contribution in [0, 0.1) is 6.92 Å². The summed E-state index contributed by atoms with van der Waals surface area (Å²) in [6, 6.07) is 9.93. The predicted molar refractivity (Wildman–Crippen MR) is 114 cm³/mol. The Balaban J connectivity index is 1.74. The fourth-order valence-corrected chi connectivity index (χ4v) is 5.00. The molecule has 144 valence electrons. The lowest BCUT2D eigenvalue weighted by atomic mass is 9.97. The highest BCUT2D eigenvalue weighted by Crippen LogP contribution is 2.34. The van der Waals surface area contributed by atoms with Crippen molar-refractivity contribution < 1.29 is 4.79 Å². The number of aryl methyl sites for hydroxylation is 1. The molecular weight excluding hydrogens is 399 g/mol. The van der Waals surface area contributed by atoms with Gasteiger partial charge in [0.2, 0.25) is 0 Å². The Labute approximate surface area is 175 Å². The molecule has 2 aromatic rings. The third-order valence-corrected chi connectivity index (χ3v) is 6.96. The van der Waals surface area contributed by atoms with Crippen molar-refractivity contribution in [3.8, 4) is 0 Å². The van der Waals surface area contributed by atoms with Crippen LogP contribution < -0.4 is 0 Å². The number of likely N-dealkylation sites (tertiary alicyclic amines) is 1. The number of benzene rings is 1. The third-order valence-electron chi connectivity index (χ3n) is 5.04. The molecule has 1 aliphatic heterocycles. The molecule has 1 amide bonds. The number of carbonyl (C=O) groups is 1. The maximum atomic E-state index is 13.0. The highest BCUT2D eigenvalue weighted by molar-refractivity contribution is 7.98. The van der Waals surface area contributed by atoms with Gasteiger partial charge in [-0.05, 0) is 69.9 Å². The molecule has 1 aromatic carbocycles. The Hall–Kier alpha value is -1.23. The second kappa shape index (κ2) is 8.85. The number of halogens is 2. The molecule has 1 aromatic heterocycles. The van der Waals surface area contributed by atoms with E-state index in [0.717, 1.165) is 29.0 Å². The lowest BCUT2D eigenvalue weighted by molar-refractivity contribution is 0.0504. The molecular formula is C21H24Cl2N2OS. The number of pyridine rings is 1. The van der Waals surface area contributed by atoms with E-state index in [-0.39, 0.29) is 18.0 Å². The number of amides is 1. The molecule has 0 saturated carbocycles. The van der Waals surface area contributed by atoms with E-state index in [9.17, 15) is 4.79 Å². The minimum absolute atomic E-state index is 0.0259. The second-order valence-electron chi connectivity index (χ2n) is 7.18. The van der Waals surface area contributed by atoms with Gasteiger partial charge in [0.05, 0.1) is 10.7 Å². The smallest absolute Gasteiger partial charge is 0.272 e. The highest BCUT2D eigenvalue weighted by Gasteiger charge is 2.30. The van der Waals surface area contributed by atoms with Crippen molar-refractivity contribution in [3.63, 3.8) is 0 Å². The van der Waals surface area contributed by atoms with Gasteiger partial charge < -0.3 is 4.90 Å². The van der Waals surface area contributed by atoms with E-state index in [4.69, 9.17) is 23.2 Å². The molecule has 27 heavy (non-hydrogen) atoms. The van der Waals surface area contributed by atoms with Gasteiger partial charge in [-0.1, -0.05) is 29.3 Å². The first-order valence-electron chi connectivity index (χ1n) is 9.24. The Morgan fingerprint density at radius 3 is 2.59 bits per heavy atom. The number of piperidine rings is 1. The molecule has 2 unspecified atom stereocenters. The first kappa shape index (κ1) is 20.5. The van der Waals surface area contributed by atoms with Crippen molar-refractivity contribution in [2.75, 3.05) is 0 Å². The maximum absolute atomic E-state index is 13.0. The molecule has 0 aliphatic carbocycles. The minimum atomic E-state index is 0.0259. The number of aromatic nitrogens is 1. The Morgan fingerprint density at radius 1 is 1.19 bits per heavy atom. The van der Waals surface area contributed by atoms with Crippen LogP contribution in [-0.4, -0.2) is 27.9 Å². The van der Waals surface area contributed by atoms with Gasteiger partial charge in [0.15, 0.2) is 0 Å². The number of hydrogen-bond donors (Lipinski definition) is 0. The summed E-state index contributed by atoms with van der Waals surface area (Å²) in [5.41, 5.74) is 2.33. The molecule has 1 aliphatic rings. The van der Waals surface area contributed by atoms with E-state index in [0.29, 0.717) is 21.5 Å². The van der Waals surface area contributed by atoms with E-state index in [1.54, 1.807) is 17.8 Å². The van der Waals surface area contributed by atoms with Gasteiger partial charge in [0.25, 0.3) is 5.91 Å². The molecule has 6 heteroatoms. The molecule has 0 N–H and O–H groups in total. The first-order chi connectivity index (χ1) is 12.9. The van der Waals surface area contributed by atoms with Gasteiger partial charge in [0.1, 0.15) is 5.69 Å². The Bertz CT molecular complexity index is 833. The van der Waals surface area contributed by atoms with Crippen LogP contribution in [0.2, 0.25) is 10.0 Å². The summed E-state index contributed by atoms with van der Waals surface area (Å²) in [5, 5.41) is 1.39. The van der Waals surface area contributed by atoms with Crippen LogP contribution in [-0.2, 0) is 5.75 Å². The topological polar surface area (TPSA) is 33.2 Å². The quantitative estimate of drug-likeness (QED) is 0.534. The molecule has 1 saturated heterocycles. The van der Waals surface area contributed by atoms with Crippen molar-refractivity contribution in [1.29, 1.82) is 0 Å². The van der Waals surface area contributed by atoms with Crippen LogP contribution in [0.4, 0.5) is 0 Å². The fraction of sp³-hybridized carbons (Fsp3) is 0.429. The van der Waals surface area contributed by atoms with E-state index in [1.165, 1.54) is 6.42 Å². The van der Waals surface area contributed by atoms with Crippen LogP contribution in [0.5, 0.6) is 0 Å². The number of carbonyl (C=O) groups excluding carboxylic acids is 1. The predicted octanol–water partition coefficient (Wildman–Crippen LogP) is 6.39. The van der Waals surface area contributed by atoms with Gasteiger partial charge in [-0.25, -0.2) is 4.98 Å². The Morgan fingerprint density at radius 2 is 1.89 bits per heavy atom. The zero-order chi connectivity index (χ0) is 19.6. The zero-order valence-corrected chi connectivity index (χ0v) is 18.2. The van der Waals surface area contributed by atoms with Crippen molar-refractivity contribution in [3.05, 3.63) is 57.3 Å². The van der Waals surface area contributed by atoms with Crippen molar-refractivity contribution in [2.24, 2.45) is 0 Å². The van der Waals surface area contributed by atoms with Gasteiger partial charge >= 0.3 is 0 Å². The monoisotopic (exact) mass is 422 g/mol. The minimum Gasteiger partial charge on any atom is -0.332 e. The molecule has 0 spiro atoms. The van der Waals surface area contributed by atoms with Crippen LogP contribution in [0.25, 0.3) is 0 Å². The summed E-state index contributed by atoms with van der Waals surface area (Å²) < 4.78 is 0. The average molecular weight is 423 g/mol. The second-order valence-corrected chi connectivity index (χ2v) is 9.01. The number of thioether (sulfide) groups is 1. The number of rotatable bonds is 4. The van der Waals surface area contributed by atoms with Gasteiger partial charge in [-0.3, -0.25) is 4.79 Å². The van der Waals surface area contributed by atoms with Crippen LogP contribution in [0.15, 0.2) is 35.2 Å². The molecule has 2 atom stereocenters. The first-order valence-corrected chi connectivity index (χ1v) is 11.0. The summed E-state index contributed by atoms with van der Waals surface area (Å²) >= 11 is 14.1. The van der Waals surface area contributed by atoms with Crippen LogP contribution in [0.3, 0.4) is 0 Å². The zero-order valence-electron chi connectivity index (χ0n) is 15.8. The number of nitrogens with zero attached hydrogens (tertiary/aromatic N) is 2. The normalized spacial score (nSPS) is 20.0. The lowest BCUT2D eigenvalue weighted by Gasteiger charge is -2.38. The van der Waals surface area contributed by atoms with Crippen molar-refractivity contribution in [2.45, 2.75) is 62.8 Å². The lowest BCUT2D eigenvalue weighted by Crippen LogP contribution is -2.47. The summed E-state index contributed by atoms with van der Waals surface area (Å²) in [6.07, 6.45) is 3.28. The van der Waals surface area contributed by atoms with Crippen molar-refractivity contribution in [1.82, 2.24) is 9.88 Å². The summed E-state index contributed by atoms with van der Waals surface area (Å²) in [6.45, 7) is 6.18. The highest BCUT2D eigenvalue weighted by atomic mass is 35.5. The van der Waals surface area contributed by atoms with E-state index < -0.39 is 0 Å². The standard InChI is InChI=1S/C21H24Cl2N2OS/c1-13-10-18(23)20(11-17(13)22)27-12-16-8-5-9-19(24-16)21(26)25-14(2)6-4-7-15(25)3/h5,8-11,14-15H,4,6-7,12H2,1-3H3. The molecule has 1 fully saturated rings. The molecule has 3 nitrogen and oxygen atoms in total. The summed E-state index contributed by atoms with van der Waals surface area (Å²) in [7, 11) is 0. The number of hydrogen-bond acceptors (Lipinski definition) is 3. The fourth-order valence-electron chi connectivity index (χ4n) is 3.52. The van der Waals surface area contributed by atoms with E-state index in [2.05, 4.69) is 18.8 Å². The SMILES string of the molecule is Cc1cc(Cl)c(SCc2cccc(C(=O)N3C(C)CCCC3C)n2)cc1Cl. The van der Waals surface area contributed by atoms with Crippen LogP contribution >= 0.6 is 35.0 Å². The van der Waals surface area contributed by atoms with Crippen LogP contribution in [0.1, 0.15) is 54.9 Å².